The van der Waals surface area contributed by atoms with Crippen molar-refractivity contribution >= 4 is 50.9 Å². The highest BCUT2D eigenvalue weighted by Gasteiger charge is 2.54. The van der Waals surface area contributed by atoms with Gasteiger partial charge in [-0.3, -0.25) is 14.4 Å². The van der Waals surface area contributed by atoms with Crippen LogP contribution in [-0.2, 0) is 14.3 Å². The fraction of sp³-hybridized carbons (Fsp3) is 0.375. The standard InChI is InChI=1S/C24H23BrClNO4/c1-13-18(10-9-17(25)22(13)26)27-19(28)12-31-24(30)21-16-8-7-15(11-16)20(21)23(29)14-5-3-2-4-6-14/h2-6,9-10,15-16,20-21H,7-8,11-12H2,1H3,(H,27,28)/t15-,16-,20+,21-/m0/s1. The van der Waals surface area contributed by atoms with Gasteiger partial charge in [-0.25, -0.2) is 0 Å². The Bertz CT molecular complexity index is 1030. The van der Waals surface area contributed by atoms with Crippen molar-refractivity contribution in [2.24, 2.45) is 23.7 Å². The summed E-state index contributed by atoms with van der Waals surface area (Å²) in [7, 11) is 0. The summed E-state index contributed by atoms with van der Waals surface area (Å²) in [5.74, 6) is -1.40. The lowest BCUT2D eigenvalue weighted by Gasteiger charge is -2.28. The van der Waals surface area contributed by atoms with E-state index in [1.807, 2.05) is 18.2 Å². The Morgan fingerprint density at radius 1 is 1.06 bits per heavy atom. The molecule has 1 amide bonds. The predicted molar refractivity (Wildman–Crippen MR) is 122 cm³/mol. The van der Waals surface area contributed by atoms with Gasteiger partial charge in [0.2, 0.25) is 0 Å². The number of hydrogen-bond acceptors (Lipinski definition) is 4. The number of fused-ring (bicyclic) bond motifs is 2. The number of carbonyl (C=O) groups excluding carboxylic acids is 3. The van der Waals surface area contributed by atoms with Crippen molar-refractivity contribution in [2.45, 2.75) is 26.2 Å². The van der Waals surface area contributed by atoms with Gasteiger partial charge in [0.05, 0.1) is 10.9 Å². The molecule has 2 saturated carbocycles. The van der Waals surface area contributed by atoms with E-state index in [0.29, 0.717) is 16.3 Å². The molecular weight excluding hydrogens is 482 g/mol. The van der Waals surface area contributed by atoms with Crippen LogP contribution in [0, 0.1) is 30.6 Å². The Hall–Kier alpha value is -2.18. The van der Waals surface area contributed by atoms with Crippen molar-refractivity contribution in [1.82, 2.24) is 0 Å². The third-order valence-corrected chi connectivity index (χ3v) is 7.88. The zero-order valence-electron chi connectivity index (χ0n) is 17.1. The Morgan fingerprint density at radius 3 is 2.45 bits per heavy atom. The molecule has 0 radical (unpaired) electrons. The van der Waals surface area contributed by atoms with E-state index in [2.05, 4.69) is 21.2 Å². The maximum absolute atomic E-state index is 13.1. The number of ether oxygens (including phenoxy) is 1. The van der Waals surface area contributed by atoms with E-state index in [0.717, 1.165) is 29.3 Å². The largest absolute Gasteiger partial charge is 0.455 e. The molecule has 0 unspecified atom stereocenters. The number of ketones is 1. The number of nitrogens with one attached hydrogen (secondary N) is 1. The minimum absolute atomic E-state index is 0.000620. The summed E-state index contributed by atoms with van der Waals surface area (Å²) in [5, 5.41) is 3.24. The molecule has 0 aromatic heterocycles. The minimum atomic E-state index is -0.483. The molecule has 4 atom stereocenters. The average Bonchev–Trinajstić information content (AvgIpc) is 3.40. The third kappa shape index (κ3) is 4.41. The number of halogens is 2. The normalized spacial score (nSPS) is 24.1. The second-order valence-corrected chi connectivity index (χ2v) is 9.54. The SMILES string of the molecule is Cc1c(NC(=O)COC(=O)[C@H]2[C@H]3CC[C@@H](C3)[C@H]2C(=O)c2ccccc2)ccc(Br)c1Cl. The zero-order chi connectivity index (χ0) is 22.1. The van der Waals surface area contributed by atoms with Crippen LogP contribution in [0.25, 0.3) is 0 Å². The van der Waals surface area contributed by atoms with Crippen LogP contribution in [-0.4, -0.2) is 24.3 Å². The molecule has 7 heteroatoms. The third-order valence-electron chi connectivity index (χ3n) is 6.51. The Balaban J connectivity index is 1.41. The fourth-order valence-electron chi connectivity index (χ4n) is 5.01. The van der Waals surface area contributed by atoms with Gasteiger partial charge in [0, 0.05) is 21.6 Å². The maximum Gasteiger partial charge on any atom is 0.310 e. The smallest absolute Gasteiger partial charge is 0.310 e. The lowest BCUT2D eigenvalue weighted by Crippen LogP contribution is -2.37. The van der Waals surface area contributed by atoms with Crippen LogP contribution < -0.4 is 5.32 Å². The van der Waals surface area contributed by atoms with Gasteiger partial charge in [-0.1, -0.05) is 41.9 Å². The van der Waals surface area contributed by atoms with Crippen molar-refractivity contribution < 1.29 is 19.1 Å². The summed E-state index contributed by atoms with van der Waals surface area (Å²) in [6.07, 6.45) is 2.75. The van der Waals surface area contributed by atoms with Gasteiger partial charge in [-0.2, -0.15) is 0 Å². The number of amides is 1. The van der Waals surface area contributed by atoms with Crippen LogP contribution in [0.4, 0.5) is 5.69 Å². The van der Waals surface area contributed by atoms with E-state index >= 15 is 0 Å². The van der Waals surface area contributed by atoms with Crippen LogP contribution >= 0.6 is 27.5 Å². The van der Waals surface area contributed by atoms with Gasteiger partial charge >= 0.3 is 5.97 Å². The monoisotopic (exact) mass is 503 g/mol. The summed E-state index contributed by atoms with van der Waals surface area (Å²) >= 11 is 9.54. The predicted octanol–water partition coefficient (Wildman–Crippen LogP) is 5.44. The number of anilines is 1. The first kappa shape index (κ1) is 22.0. The Morgan fingerprint density at radius 2 is 1.74 bits per heavy atom. The maximum atomic E-state index is 13.1. The van der Waals surface area contributed by atoms with Crippen molar-refractivity contribution in [1.29, 1.82) is 0 Å². The highest BCUT2D eigenvalue weighted by molar-refractivity contribution is 9.10. The summed E-state index contributed by atoms with van der Waals surface area (Å²) in [6, 6.07) is 12.6. The number of rotatable bonds is 6. The van der Waals surface area contributed by atoms with Gasteiger partial charge in [0.15, 0.2) is 12.4 Å². The number of hydrogen-bond donors (Lipinski definition) is 1. The van der Waals surface area contributed by atoms with Crippen LogP contribution in [0.1, 0.15) is 35.2 Å². The number of esters is 1. The van der Waals surface area contributed by atoms with Crippen molar-refractivity contribution in [3.05, 3.63) is 63.1 Å². The molecule has 4 rings (SSSR count). The van der Waals surface area contributed by atoms with Gasteiger partial charge in [0.25, 0.3) is 5.91 Å². The molecule has 2 aliphatic rings. The average molecular weight is 505 g/mol. The molecule has 31 heavy (non-hydrogen) atoms. The molecular formula is C24H23BrClNO4. The Kier molecular flexibility index (Phi) is 6.49. The fourth-order valence-corrected chi connectivity index (χ4v) is 5.60. The van der Waals surface area contributed by atoms with Gasteiger partial charge in [-0.05, 0) is 71.6 Å². The van der Waals surface area contributed by atoms with Gasteiger partial charge in [-0.15, -0.1) is 0 Å². The lowest BCUT2D eigenvalue weighted by molar-refractivity contribution is -0.154. The molecule has 5 nitrogen and oxygen atoms in total. The highest BCUT2D eigenvalue weighted by atomic mass is 79.9. The van der Waals surface area contributed by atoms with E-state index < -0.39 is 24.4 Å². The van der Waals surface area contributed by atoms with E-state index in [1.54, 1.807) is 31.2 Å². The van der Waals surface area contributed by atoms with Crippen molar-refractivity contribution in [3.63, 3.8) is 0 Å². The zero-order valence-corrected chi connectivity index (χ0v) is 19.4. The molecule has 0 spiro atoms. The molecule has 162 valence electrons. The topological polar surface area (TPSA) is 72.5 Å². The molecule has 2 aromatic carbocycles. The second kappa shape index (κ2) is 9.13. The van der Waals surface area contributed by atoms with E-state index in [-0.39, 0.29) is 23.5 Å². The minimum Gasteiger partial charge on any atom is -0.455 e. The summed E-state index contributed by atoms with van der Waals surface area (Å²) in [5.41, 5.74) is 1.90. The molecule has 0 saturated heterocycles. The van der Waals surface area contributed by atoms with Crippen LogP contribution in [0.3, 0.4) is 0 Å². The first-order valence-corrected chi connectivity index (χ1v) is 11.5. The quantitative estimate of drug-likeness (QED) is 0.420. The van der Waals surface area contributed by atoms with E-state index in [1.165, 1.54) is 0 Å². The number of Topliss-reactive ketones (excluding diaryl/α,β-unsaturated/α-hetero) is 1. The van der Waals surface area contributed by atoms with E-state index in [4.69, 9.17) is 16.3 Å². The van der Waals surface area contributed by atoms with Crippen molar-refractivity contribution in [2.75, 3.05) is 11.9 Å². The molecule has 2 fully saturated rings. The molecule has 0 heterocycles. The summed E-state index contributed by atoms with van der Waals surface area (Å²) in [6.45, 7) is 1.40. The molecule has 1 N–H and O–H groups in total. The number of benzene rings is 2. The molecule has 0 aliphatic heterocycles. The van der Waals surface area contributed by atoms with Crippen LogP contribution in [0.5, 0.6) is 0 Å². The molecule has 2 aliphatic carbocycles. The van der Waals surface area contributed by atoms with E-state index in [9.17, 15) is 14.4 Å². The van der Waals surface area contributed by atoms with Crippen molar-refractivity contribution in [3.8, 4) is 0 Å². The second-order valence-electron chi connectivity index (χ2n) is 8.30. The van der Waals surface area contributed by atoms with Gasteiger partial charge < -0.3 is 10.1 Å². The van der Waals surface area contributed by atoms with Crippen LogP contribution in [0.15, 0.2) is 46.9 Å². The number of carbonyl (C=O) groups is 3. The summed E-state index contributed by atoms with van der Waals surface area (Å²) in [4.78, 5) is 38.4. The van der Waals surface area contributed by atoms with Crippen LogP contribution in [0.2, 0.25) is 5.02 Å². The molecule has 2 aromatic rings. The summed E-state index contributed by atoms with van der Waals surface area (Å²) < 4.78 is 6.11. The van der Waals surface area contributed by atoms with Gasteiger partial charge in [0.1, 0.15) is 0 Å². The molecule has 2 bridgehead atoms. The first-order chi connectivity index (χ1) is 14.9. The Labute approximate surface area is 194 Å². The highest BCUT2D eigenvalue weighted by Crippen LogP contribution is 2.53. The lowest BCUT2D eigenvalue weighted by atomic mass is 9.75. The first-order valence-electron chi connectivity index (χ1n) is 10.4.